The van der Waals surface area contributed by atoms with Crippen molar-refractivity contribution in [2.45, 2.75) is 4.90 Å². The van der Waals surface area contributed by atoms with E-state index < -0.39 is 54.0 Å². The quantitative estimate of drug-likeness (QED) is 0.223. The predicted octanol–water partition coefficient (Wildman–Crippen LogP) is 0.946. The van der Waals surface area contributed by atoms with Gasteiger partial charge in [-0.1, -0.05) is 25.3 Å². The number of aromatic carboxylic acids is 1. The first-order valence-electron chi connectivity index (χ1n) is 10.0. The van der Waals surface area contributed by atoms with Gasteiger partial charge in [0.15, 0.2) is 26.3 Å². The molecule has 0 aromatic heterocycles. The number of carboxylic acid groups (broad SMARTS) is 1. The van der Waals surface area contributed by atoms with Gasteiger partial charge < -0.3 is 9.66 Å². The van der Waals surface area contributed by atoms with Gasteiger partial charge in [-0.25, -0.2) is 17.4 Å². The zero-order valence-corrected chi connectivity index (χ0v) is 20.4. The van der Waals surface area contributed by atoms with Crippen molar-refractivity contribution in [3.8, 4) is 0 Å². The van der Waals surface area contributed by atoms with Gasteiger partial charge in [-0.3, -0.25) is 20.4 Å². The summed E-state index contributed by atoms with van der Waals surface area (Å²) in [7, 11) is -3.65. The third-order valence-corrected chi connectivity index (χ3v) is 6.86. The molecule has 3 aromatic carbocycles. The van der Waals surface area contributed by atoms with Gasteiger partial charge in [0.05, 0.1) is 26.7 Å². The number of carbonyl (C=O) groups is 1. The fraction of sp³-hybridized carbons (Fsp3) is 0. The molecule has 0 radical (unpaired) electrons. The molecule has 1 unspecified atom stereocenters. The number of sulfone groups is 1. The number of carboxylic acids is 1. The van der Waals surface area contributed by atoms with Crippen LogP contribution in [0.1, 0.15) is 15.9 Å². The first kappa shape index (κ1) is 27.1. The Bertz CT molecular complexity index is 1760. The molecular formula is C23H18N4O8S2. The van der Waals surface area contributed by atoms with E-state index in [-0.39, 0.29) is 15.5 Å². The summed E-state index contributed by atoms with van der Waals surface area (Å²) in [6.45, 7) is 6.72. The summed E-state index contributed by atoms with van der Waals surface area (Å²) in [4.78, 5) is 36.9. The fourth-order valence-electron chi connectivity index (χ4n) is 2.88. The maximum absolute atomic E-state index is 12.9. The highest BCUT2D eigenvalue weighted by Crippen LogP contribution is 2.18. The molecule has 0 aliphatic heterocycles. The van der Waals surface area contributed by atoms with Crippen LogP contribution in [-0.4, -0.2) is 28.3 Å². The van der Waals surface area contributed by atoms with Gasteiger partial charge in [0.2, 0.25) is 10.9 Å². The molecule has 0 aliphatic carbocycles. The molecule has 0 spiro atoms. The third-order valence-electron chi connectivity index (χ3n) is 4.84. The van der Waals surface area contributed by atoms with Crippen LogP contribution in [0.15, 0.2) is 97.9 Å². The molecule has 0 amide bonds. The predicted molar refractivity (Wildman–Crippen MR) is 137 cm³/mol. The molecule has 4 N–H and O–H groups in total. The Morgan fingerprint density at radius 2 is 1.46 bits per heavy atom. The minimum Gasteiger partial charge on any atom is -0.478 e. The monoisotopic (exact) mass is 542 g/mol. The fourth-order valence-corrected chi connectivity index (χ4v) is 3.93. The highest BCUT2D eigenvalue weighted by Gasteiger charge is 2.15. The maximum atomic E-state index is 12.9. The molecule has 0 saturated heterocycles. The summed E-state index contributed by atoms with van der Waals surface area (Å²) in [6.07, 6.45) is 0. The number of rotatable bonds is 9. The lowest BCUT2D eigenvalue weighted by Gasteiger charge is -2.04. The van der Waals surface area contributed by atoms with Gasteiger partial charge in [0, 0.05) is 11.5 Å². The van der Waals surface area contributed by atoms with Gasteiger partial charge in [-0.05, 0) is 42.0 Å². The highest BCUT2D eigenvalue weighted by atomic mass is 32.2. The molecule has 1 atom stereocenters. The van der Waals surface area contributed by atoms with Gasteiger partial charge in [-0.2, -0.15) is 10.2 Å². The number of nitrogens with one attached hydrogen (secondary N) is 2. The summed E-state index contributed by atoms with van der Waals surface area (Å²) in [5.41, 5.74) is 3.18. The zero-order chi connectivity index (χ0) is 27.3. The van der Waals surface area contributed by atoms with Crippen LogP contribution in [0, 0.1) is 0 Å². The summed E-state index contributed by atoms with van der Waals surface area (Å²) in [5.74, 6) is -1.56. The summed E-state index contributed by atoms with van der Waals surface area (Å²) in [6, 6.07) is 11.7. The molecule has 0 saturated carbocycles. The van der Waals surface area contributed by atoms with E-state index in [1.54, 1.807) is 0 Å². The molecule has 0 heterocycles. The lowest BCUT2D eigenvalue weighted by atomic mass is 10.2. The number of hydrogen-bond acceptors (Lipinski definition) is 10. The van der Waals surface area contributed by atoms with E-state index in [1.807, 2.05) is 0 Å². The Hall–Kier alpha value is -4.53. The lowest BCUT2D eigenvalue weighted by molar-refractivity contribution is 0.0694. The number of hydrogen-bond donors (Lipinski definition) is 4. The maximum Gasteiger partial charge on any atom is 0.338 e. The molecule has 3 rings (SSSR count). The van der Waals surface area contributed by atoms with Crippen LogP contribution >= 0.6 is 0 Å². The Kier molecular flexibility index (Phi) is 8.07. The van der Waals surface area contributed by atoms with E-state index in [9.17, 15) is 32.1 Å². The van der Waals surface area contributed by atoms with E-state index in [2.05, 4.69) is 34.2 Å². The Morgan fingerprint density at radius 3 is 1.95 bits per heavy atom. The third kappa shape index (κ3) is 6.19. The smallest absolute Gasteiger partial charge is 0.338 e. The normalized spacial score (nSPS) is 13.1. The van der Waals surface area contributed by atoms with Gasteiger partial charge in [-0.15, -0.1) is 0 Å². The van der Waals surface area contributed by atoms with Crippen molar-refractivity contribution in [3.05, 3.63) is 115 Å². The van der Waals surface area contributed by atoms with Crippen LogP contribution in [0.5, 0.6) is 0 Å². The second kappa shape index (κ2) is 11.0. The largest absolute Gasteiger partial charge is 0.478 e. The molecule has 190 valence electrons. The number of benzene rings is 3. The van der Waals surface area contributed by atoms with Crippen LogP contribution in [0.3, 0.4) is 0 Å². The van der Waals surface area contributed by atoms with Crippen molar-refractivity contribution in [3.63, 3.8) is 0 Å². The molecule has 3 aromatic rings. The summed E-state index contributed by atoms with van der Waals surface area (Å²) in [5, 5.41) is 16.6. The first-order chi connectivity index (χ1) is 17.4. The first-order valence-corrected chi connectivity index (χ1v) is 12.7. The zero-order valence-electron chi connectivity index (χ0n) is 18.7. The highest BCUT2D eigenvalue weighted by molar-refractivity contribution is 7.94. The molecular weight excluding hydrogens is 524 g/mol. The van der Waals surface area contributed by atoms with Gasteiger partial charge >= 0.3 is 5.97 Å². The second-order valence-electron chi connectivity index (χ2n) is 7.19. The minimum atomic E-state index is -3.65. The minimum absolute atomic E-state index is 0.0259. The lowest BCUT2D eigenvalue weighted by Crippen LogP contribution is -2.50. The Balaban J connectivity index is 2.00. The van der Waals surface area contributed by atoms with Crippen LogP contribution < -0.4 is 32.4 Å². The van der Waals surface area contributed by atoms with E-state index in [0.29, 0.717) is 17.3 Å². The van der Waals surface area contributed by atoms with E-state index in [4.69, 9.17) is 4.55 Å². The van der Waals surface area contributed by atoms with Crippen molar-refractivity contribution in [2.75, 3.05) is 10.9 Å². The topological polar surface area (TPSA) is 192 Å². The standard InChI is InChI=1S/C23H18N4O8S2/c1-3-37(34,35)17-10-8-16(9-11-17)25-27-21-19(28)12-18(23(30)31)20(22(21)29)26-24-15-6-4-14(5-7-15)13(2)36(32)33/h3-12,24-25H,1-2H2,(H,30,31)(H,32,33)/b26-20-,27-21+. The summed E-state index contributed by atoms with van der Waals surface area (Å²) < 4.78 is 43.8. The van der Waals surface area contributed by atoms with Crippen molar-refractivity contribution in [2.24, 2.45) is 10.2 Å². The molecule has 37 heavy (non-hydrogen) atoms. The molecule has 0 aliphatic rings. The second-order valence-corrected chi connectivity index (χ2v) is 10.1. The van der Waals surface area contributed by atoms with Crippen molar-refractivity contribution >= 4 is 43.2 Å². The van der Waals surface area contributed by atoms with Crippen LogP contribution in [0.25, 0.3) is 4.91 Å². The van der Waals surface area contributed by atoms with E-state index >= 15 is 0 Å². The number of anilines is 2. The molecule has 0 fully saturated rings. The van der Waals surface area contributed by atoms with Crippen LogP contribution in [0.4, 0.5) is 11.4 Å². The number of nitrogens with zero attached hydrogens (tertiary/aromatic N) is 2. The SMILES string of the molecule is C=CS(=O)(=O)c1ccc(N/N=c2\c(=O)cc(C(=O)O)/c(=N/Nc3ccc(C(=C)S(=O)O)cc3)c2=O)cc1. The summed E-state index contributed by atoms with van der Waals surface area (Å²) >= 11 is -2.26. The van der Waals surface area contributed by atoms with Crippen molar-refractivity contribution < 1.29 is 27.1 Å². The van der Waals surface area contributed by atoms with Crippen LogP contribution in [0.2, 0.25) is 0 Å². The van der Waals surface area contributed by atoms with E-state index in [1.165, 1.54) is 48.5 Å². The van der Waals surface area contributed by atoms with Crippen molar-refractivity contribution in [1.29, 1.82) is 0 Å². The Morgan fingerprint density at radius 1 is 0.946 bits per heavy atom. The molecule has 14 heteroatoms. The average Bonchev–Trinajstić information content (AvgIpc) is 2.87. The van der Waals surface area contributed by atoms with Crippen molar-refractivity contribution in [1.82, 2.24) is 0 Å². The Labute approximate surface area is 211 Å². The van der Waals surface area contributed by atoms with Gasteiger partial charge in [0.1, 0.15) is 5.36 Å². The van der Waals surface area contributed by atoms with E-state index in [0.717, 1.165) is 5.41 Å². The molecule has 12 nitrogen and oxygen atoms in total. The van der Waals surface area contributed by atoms with Gasteiger partial charge in [0.25, 0.3) is 0 Å². The van der Waals surface area contributed by atoms with Crippen LogP contribution in [-0.2, 0) is 20.9 Å². The molecule has 0 bridgehead atoms. The average molecular weight is 543 g/mol.